The Morgan fingerprint density at radius 1 is 0.905 bits per heavy atom. The maximum atomic E-state index is 9.58. The molecule has 0 saturated heterocycles. The van der Waals surface area contributed by atoms with Gasteiger partial charge in [0.1, 0.15) is 17.3 Å². The van der Waals surface area contributed by atoms with Gasteiger partial charge in [0.15, 0.2) is 0 Å². The number of nitrogens with one attached hydrogen (secondary N) is 1. The summed E-state index contributed by atoms with van der Waals surface area (Å²) in [5, 5.41) is 23.1. The molecule has 3 N–H and O–H groups in total. The average molecular weight is 281 g/mol. The van der Waals surface area contributed by atoms with Crippen LogP contribution in [-0.2, 0) is 0 Å². The van der Waals surface area contributed by atoms with Gasteiger partial charge in [0, 0.05) is 17.3 Å². The highest BCUT2D eigenvalue weighted by molar-refractivity contribution is 5.84. The molecular formula is C16H15N3O2. The van der Waals surface area contributed by atoms with Crippen LogP contribution in [0.25, 0.3) is 0 Å². The van der Waals surface area contributed by atoms with Crippen molar-refractivity contribution in [3.05, 3.63) is 72.1 Å². The summed E-state index contributed by atoms with van der Waals surface area (Å²) in [6, 6.07) is 13.7. The molecule has 0 saturated carbocycles. The van der Waals surface area contributed by atoms with Crippen LogP contribution in [0.5, 0.6) is 11.5 Å². The van der Waals surface area contributed by atoms with Crippen molar-refractivity contribution in [2.75, 3.05) is 0 Å². The van der Waals surface area contributed by atoms with E-state index in [0.29, 0.717) is 16.9 Å². The summed E-state index contributed by atoms with van der Waals surface area (Å²) in [7, 11) is 0. The Labute approximate surface area is 122 Å². The molecule has 0 aliphatic heterocycles. The van der Waals surface area contributed by atoms with E-state index in [0.717, 1.165) is 0 Å². The SMILES string of the molecule is C=C(/N=C/c1ccccc1O)N/N=C/c1ccccc1O. The molecule has 5 heteroatoms. The summed E-state index contributed by atoms with van der Waals surface area (Å²) in [6.45, 7) is 3.69. The number of hydrazone groups is 1. The van der Waals surface area contributed by atoms with Gasteiger partial charge in [-0.3, -0.25) is 5.43 Å². The van der Waals surface area contributed by atoms with Crippen molar-refractivity contribution in [2.24, 2.45) is 10.1 Å². The Morgan fingerprint density at radius 2 is 1.43 bits per heavy atom. The molecule has 0 amide bonds. The van der Waals surface area contributed by atoms with E-state index in [2.05, 4.69) is 22.1 Å². The predicted octanol–water partition coefficient (Wildman–Crippen LogP) is 2.61. The van der Waals surface area contributed by atoms with Crippen LogP contribution in [0.15, 0.2) is 71.0 Å². The second kappa shape index (κ2) is 6.91. The smallest absolute Gasteiger partial charge is 0.138 e. The third kappa shape index (κ3) is 4.21. The Kier molecular flexibility index (Phi) is 4.71. The minimum atomic E-state index is 0.145. The summed E-state index contributed by atoms with van der Waals surface area (Å²) in [6.07, 6.45) is 2.95. The monoisotopic (exact) mass is 281 g/mol. The molecule has 0 unspecified atom stereocenters. The summed E-state index contributed by atoms with van der Waals surface area (Å²) in [5.74, 6) is 0.600. The van der Waals surface area contributed by atoms with E-state index in [1.807, 2.05) is 0 Å². The van der Waals surface area contributed by atoms with Gasteiger partial charge in [-0.25, -0.2) is 4.99 Å². The molecule has 2 aromatic rings. The van der Waals surface area contributed by atoms with Crippen LogP contribution in [0.2, 0.25) is 0 Å². The van der Waals surface area contributed by atoms with Gasteiger partial charge in [-0.05, 0) is 24.3 Å². The van der Waals surface area contributed by atoms with Gasteiger partial charge in [0.25, 0.3) is 0 Å². The highest BCUT2D eigenvalue weighted by Gasteiger charge is 1.96. The Morgan fingerprint density at radius 3 is 2.00 bits per heavy atom. The molecule has 2 rings (SSSR count). The number of rotatable bonds is 5. The maximum absolute atomic E-state index is 9.58. The zero-order valence-electron chi connectivity index (χ0n) is 11.3. The topological polar surface area (TPSA) is 77.2 Å². The minimum absolute atomic E-state index is 0.145. The largest absolute Gasteiger partial charge is 0.507 e. The first-order valence-corrected chi connectivity index (χ1v) is 6.25. The van der Waals surface area contributed by atoms with Gasteiger partial charge in [-0.1, -0.05) is 30.8 Å². The summed E-state index contributed by atoms with van der Waals surface area (Å²) < 4.78 is 0. The molecule has 0 aromatic heterocycles. The van der Waals surface area contributed by atoms with Crippen molar-refractivity contribution < 1.29 is 10.2 Å². The van der Waals surface area contributed by atoms with Crippen molar-refractivity contribution in [1.29, 1.82) is 0 Å². The maximum Gasteiger partial charge on any atom is 0.138 e. The fraction of sp³-hybridized carbons (Fsp3) is 0. The molecule has 5 nitrogen and oxygen atoms in total. The number of benzene rings is 2. The first-order valence-electron chi connectivity index (χ1n) is 6.25. The number of para-hydroxylation sites is 2. The molecule has 0 atom stereocenters. The van der Waals surface area contributed by atoms with Crippen LogP contribution in [0.1, 0.15) is 11.1 Å². The Balaban J connectivity index is 1.94. The predicted molar refractivity (Wildman–Crippen MR) is 83.7 cm³/mol. The Hall–Kier alpha value is -3.08. The second-order valence-corrected chi connectivity index (χ2v) is 4.19. The molecule has 2 aromatic carbocycles. The van der Waals surface area contributed by atoms with Crippen LogP contribution < -0.4 is 5.43 Å². The van der Waals surface area contributed by atoms with Crippen molar-refractivity contribution in [3.63, 3.8) is 0 Å². The number of aliphatic imine (C=N–C) groups is 1. The van der Waals surface area contributed by atoms with Crippen molar-refractivity contribution in [1.82, 2.24) is 5.43 Å². The quantitative estimate of drug-likeness (QED) is 0.582. The molecule has 0 aliphatic rings. The van der Waals surface area contributed by atoms with E-state index in [-0.39, 0.29) is 11.5 Å². The summed E-state index contributed by atoms with van der Waals surface area (Å²) in [4.78, 5) is 4.04. The van der Waals surface area contributed by atoms with Crippen LogP contribution in [-0.4, -0.2) is 22.6 Å². The standard InChI is InChI=1S/C16H15N3O2/c1-12(17-10-13-6-2-4-8-15(13)20)19-18-11-14-7-3-5-9-16(14)21/h2-11,19-21H,1H2/b17-10+,18-11+. The highest BCUT2D eigenvalue weighted by Crippen LogP contribution is 2.13. The van der Waals surface area contributed by atoms with E-state index in [9.17, 15) is 10.2 Å². The zero-order valence-corrected chi connectivity index (χ0v) is 11.3. The first-order chi connectivity index (χ1) is 10.2. The van der Waals surface area contributed by atoms with Gasteiger partial charge in [-0.2, -0.15) is 5.10 Å². The van der Waals surface area contributed by atoms with E-state index >= 15 is 0 Å². The van der Waals surface area contributed by atoms with E-state index < -0.39 is 0 Å². The van der Waals surface area contributed by atoms with Gasteiger partial charge in [0.2, 0.25) is 0 Å². The van der Waals surface area contributed by atoms with Crippen molar-refractivity contribution >= 4 is 12.4 Å². The minimum Gasteiger partial charge on any atom is -0.507 e. The number of phenols is 2. The average Bonchev–Trinajstić information content (AvgIpc) is 2.48. The molecule has 0 aliphatic carbocycles. The number of nitrogens with zero attached hydrogens (tertiary/aromatic N) is 2. The lowest BCUT2D eigenvalue weighted by Gasteiger charge is -2.00. The molecule has 0 heterocycles. The van der Waals surface area contributed by atoms with Gasteiger partial charge in [-0.15, -0.1) is 0 Å². The van der Waals surface area contributed by atoms with Crippen LogP contribution in [0.4, 0.5) is 0 Å². The molecule has 21 heavy (non-hydrogen) atoms. The van der Waals surface area contributed by atoms with Gasteiger partial charge < -0.3 is 10.2 Å². The van der Waals surface area contributed by atoms with Crippen LogP contribution >= 0.6 is 0 Å². The molecule has 0 radical (unpaired) electrons. The van der Waals surface area contributed by atoms with Crippen molar-refractivity contribution in [2.45, 2.75) is 0 Å². The van der Waals surface area contributed by atoms with E-state index in [1.54, 1.807) is 48.5 Å². The molecule has 0 fully saturated rings. The number of aromatic hydroxyl groups is 2. The van der Waals surface area contributed by atoms with E-state index in [4.69, 9.17) is 0 Å². The number of hydrogen-bond donors (Lipinski definition) is 3. The molecular weight excluding hydrogens is 266 g/mol. The van der Waals surface area contributed by atoms with Gasteiger partial charge >= 0.3 is 0 Å². The summed E-state index contributed by atoms with van der Waals surface area (Å²) >= 11 is 0. The van der Waals surface area contributed by atoms with Crippen molar-refractivity contribution in [3.8, 4) is 11.5 Å². The highest BCUT2D eigenvalue weighted by atomic mass is 16.3. The fourth-order valence-electron chi connectivity index (χ4n) is 1.55. The third-order valence-corrected chi connectivity index (χ3v) is 2.63. The number of hydrogen-bond acceptors (Lipinski definition) is 5. The molecule has 0 spiro atoms. The van der Waals surface area contributed by atoms with E-state index in [1.165, 1.54) is 12.4 Å². The van der Waals surface area contributed by atoms with Crippen LogP contribution in [0.3, 0.4) is 0 Å². The fourth-order valence-corrected chi connectivity index (χ4v) is 1.55. The molecule has 0 bridgehead atoms. The third-order valence-electron chi connectivity index (χ3n) is 2.63. The first kappa shape index (κ1) is 14.3. The lowest BCUT2D eigenvalue weighted by molar-refractivity contribution is 0.474. The Bertz CT molecular complexity index is 693. The summed E-state index contributed by atoms with van der Waals surface area (Å²) in [5.41, 5.74) is 3.81. The molecule has 106 valence electrons. The van der Waals surface area contributed by atoms with Crippen LogP contribution in [0, 0.1) is 0 Å². The van der Waals surface area contributed by atoms with Gasteiger partial charge in [0.05, 0.1) is 6.21 Å². The lowest BCUT2D eigenvalue weighted by Crippen LogP contribution is -2.02. The second-order valence-electron chi connectivity index (χ2n) is 4.19. The zero-order chi connectivity index (χ0) is 15.1. The number of phenolic OH excluding ortho intramolecular Hbond substituents is 2. The normalized spacial score (nSPS) is 11.0. The lowest BCUT2D eigenvalue weighted by atomic mass is 10.2.